The molecule has 1 aromatic carbocycles. The summed E-state index contributed by atoms with van der Waals surface area (Å²) in [7, 11) is 0. The highest BCUT2D eigenvalue weighted by Gasteiger charge is 2.12. The van der Waals surface area contributed by atoms with Gasteiger partial charge in [-0.3, -0.25) is 0 Å². The molecule has 0 saturated carbocycles. The number of rotatable bonds is 5. The first kappa shape index (κ1) is 14.2. The monoisotopic (exact) mass is 276 g/mol. The highest BCUT2D eigenvalue weighted by atomic mass is 19.1. The molecule has 0 aliphatic rings. The standard InChI is InChI=1S/C14H14F2N4/c1-10(8-20-3-2-18-9-20)19-7-12-13(15)4-11(6-17)5-14(12)16/h2-5,9-10,19H,7-8H2,1H3. The SMILES string of the molecule is CC(Cn1ccnc1)NCc1c(F)cc(C#N)cc1F. The van der Waals surface area contributed by atoms with Crippen molar-refractivity contribution in [3.63, 3.8) is 0 Å². The van der Waals surface area contributed by atoms with Crippen LogP contribution in [0, 0.1) is 23.0 Å². The van der Waals surface area contributed by atoms with Crippen LogP contribution in [0.25, 0.3) is 0 Å². The van der Waals surface area contributed by atoms with Gasteiger partial charge in [-0.05, 0) is 19.1 Å². The molecule has 0 aliphatic carbocycles. The second-order valence-electron chi connectivity index (χ2n) is 4.57. The lowest BCUT2D eigenvalue weighted by Gasteiger charge is -2.15. The Kier molecular flexibility index (Phi) is 4.43. The molecule has 0 radical (unpaired) electrons. The number of halogens is 2. The molecule has 0 bridgehead atoms. The molecule has 4 nitrogen and oxygen atoms in total. The van der Waals surface area contributed by atoms with Crippen molar-refractivity contribution in [3.05, 3.63) is 53.6 Å². The zero-order chi connectivity index (χ0) is 14.5. The number of benzene rings is 1. The first-order valence-corrected chi connectivity index (χ1v) is 6.17. The van der Waals surface area contributed by atoms with Crippen LogP contribution in [0.5, 0.6) is 0 Å². The minimum absolute atomic E-state index is 0.0183. The summed E-state index contributed by atoms with van der Waals surface area (Å²) in [5.41, 5.74) is -0.0725. The van der Waals surface area contributed by atoms with E-state index in [1.54, 1.807) is 18.6 Å². The fraction of sp³-hybridized carbons (Fsp3) is 0.286. The van der Waals surface area contributed by atoms with E-state index in [1.165, 1.54) is 0 Å². The van der Waals surface area contributed by atoms with Gasteiger partial charge in [-0.25, -0.2) is 13.8 Å². The molecule has 0 spiro atoms. The number of nitrogens with one attached hydrogen (secondary N) is 1. The summed E-state index contributed by atoms with van der Waals surface area (Å²) in [5.74, 6) is -1.41. The maximum atomic E-state index is 13.7. The minimum atomic E-state index is -0.705. The van der Waals surface area contributed by atoms with Gasteiger partial charge in [0.1, 0.15) is 11.6 Å². The molecule has 1 N–H and O–H groups in total. The first-order valence-electron chi connectivity index (χ1n) is 6.17. The molecule has 1 atom stereocenters. The predicted molar refractivity (Wildman–Crippen MR) is 69.6 cm³/mol. The van der Waals surface area contributed by atoms with Crippen LogP contribution in [0.4, 0.5) is 8.78 Å². The molecule has 1 aromatic heterocycles. The summed E-state index contributed by atoms with van der Waals surface area (Å²) in [5, 5.41) is 11.7. The average molecular weight is 276 g/mol. The molecule has 0 saturated heterocycles. The van der Waals surface area contributed by atoms with Crippen molar-refractivity contribution in [2.24, 2.45) is 0 Å². The second kappa shape index (κ2) is 6.26. The smallest absolute Gasteiger partial charge is 0.131 e. The van der Waals surface area contributed by atoms with Crippen LogP contribution in [0.3, 0.4) is 0 Å². The van der Waals surface area contributed by atoms with Crippen LogP contribution in [-0.4, -0.2) is 15.6 Å². The fourth-order valence-corrected chi connectivity index (χ4v) is 1.89. The molecule has 6 heteroatoms. The predicted octanol–water partition coefficient (Wildman–Crippen LogP) is 2.21. The van der Waals surface area contributed by atoms with Gasteiger partial charge < -0.3 is 9.88 Å². The summed E-state index contributed by atoms with van der Waals surface area (Å²) in [6, 6.07) is 3.83. The van der Waals surface area contributed by atoms with Crippen molar-refractivity contribution in [1.82, 2.24) is 14.9 Å². The number of imidazole rings is 1. The third kappa shape index (κ3) is 3.39. The van der Waals surface area contributed by atoms with Gasteiger partial charge in [0.15, 0.2) is 0 Å². The van der Waals surface area contributed by atoms with Gasteiger partial charge in [-0.1, -0.05) is 0 Å². The van der Waals surface area contributed by atoms with E-state index in [1.807, 2.05) is 17.7 Å². The summed E-state index contributed by atoms with van der Waals surface area (Å²) in [6.07, 6.45) is 5.18. The topological polar surface area (TPSA) is 53.6 Å². The Morgan fingerprint density at radius 3 is 2.65 bits per heavy atom. The first-order chi connectivity index (χ1) is 9.60. The second-order valence-corrected chi connectivity index (χ2v) is 4.57. The number of aromatic nitrogens is 2. The van der Waals surface area contributed by atoms with Crippen molar-refractivity contribution in [2.45, 2.75) is 26.1 Å². The van der Waals surface area contributed by atoms with E-state index in [9.17, 15) is 8.78 Å². The molecular formula is C14H14F2N4. The number of hydrogen-bond donors (Lipinski definition) is 1. The van der Waals surface area contributed by atoms with Crippen LogP contribution in [0.15, 0.2) is 30.9 Å². The summed E-state index contributed by atoms with van der Waals surface area (Å²) in [6.45, 7) is 2.64. The summed E-state index contributed by atoms with van der Waals surface area (Å²) < 4.78 is 29.2. The van der Waals surface area contributed by atoms with Crippen LogP contribution in [0.1, 0.15) is 18.1 Å². The van der Waals surface area contributed by atoms with Gasteiger partial charge in [0, 0.05) is 37.1 Å². The Labute approximate surface area is 115 Å². The summed E-state index contributed by atoms with van der Waals surface area (Å²) in [4.78, 5) is 3.93. The van der Waals surface area contributed by atoms with Crippen LogP contribution in [-0.2, 0) is 13.1 Å². The molecule has 0 fully saturated rings. The van der Waals surface area contributed by atoms with Gasteiger partial charge in [-0.15, -0.1) is 0 Å². The fourth-order valence-electron chi connectivity index (χ4n) is 1.89. The lowest BCUT2D eigenvalue weighted by molar-refractivity contribution is 0.457. The van der Waals surface area contributed by atoms with E-state index < -0.39 is 11.6 Å². The maximum absolute atomic E-state index is 13.7. The maximum Gasteiger partial charge on any atom is 0.131 e. The molecule has 104 valence electrons. The highest BCUT2D eigenvalue weighted by molar-refractivity contribution is 5.34. The number of nitriles is 1. The van der Waals surface area contributed by atoms with Gasteiger partial charge in [0.05, 0.1) is 18.0 Å². The Balaban J connectivity index is 1.99. The Hall–Kier alpha value is -2.26. The summed E-state index contributed by atoms with van der Waals surface area (Å²) >= 11 is 0. The van der Waals surface area contributed by atoms with Crippen LogP contribution < -0.4 is 5.32 Å². The van der Waals surface area contributed by atoms with Crippen molar-refractivity contribution in [1.29, 1.82) is 5.26 Å². The third-order valence-corrected chi connectivity index (χ3v) is 2.94. The van der Waals surface area contributed by atoms with Crippen molar-refractivity contribution in [3.8, 4) is 6.07 Å². The normalized spacial score (nSPS) is 12.1. The van der Waals surface area contributed by atoms with E-state index in [-0.39, 0.29) is 23.7 Å². The molecule has 1 unspecified atom stereocenters. The largest absolute Gasteiger partial charge is 0.336 e. The number of nitrogens with zero attached hydrogens (tertiary/aromatic N) is 3. The average Bonchev–Trinajstić information content (AvgIpc) is 2.90. The molecule has 2 rings (SSSR count). The third-order valence-electron chi connectivity index (χ3n) is 2.94. The van der Waals surface area contributed by atoms with E-state index in [4.69, 9.17) is 5.26 Å². The van der Waals surface area contributed by atoms with Crippen molar-refractivity contribution in [2.75, 3.05) is 0 Å². The van der Waals surface area contributed by atoms with Crippen molar-refractivity contribution < 1.29 is 8.78 Å². The van der Waals surface area contributed by atoms with Gasteiger partial charge >= 0.3 is 0 Å². The molecule has 20 heavy (non-hydrogen) atoms. The van der Waals surface area contributed by atoms with E-state index >= 15 is 0 Å². The Bertz CT molecular complexity index is 594. The van der Waals surface area contributed by atoms with E-state index in [0.29, 0.717) is 6.54 Å². The van der Waals surface area contributed by atoms with Gasteiger partial charge in [0.2, 0.25) is 0 Å². The molecule has 0 amide bonds. The molecular weight excluding hydrogens is 262 g/mol. The van der Waals surface area contributed by atoms with Gasteiger partial charge in [0.25, 0.3) is 0 Å². The lowest BCUT2D eigenvalue weighted by atomic mass is 10.1. The molecule has 1 heterocycles. The van der Waals surface area contributed by atoms with Crippen molar-refractivity contribution >= 4 is 0 Å². The van der Waals surface area contributed by atoms with E-state index in [2.05, 4.69) is 10.3 Å². The Morgan fingerprint density at radius 1 is 1.40 bits per heavy atom. The highest BCUT2D eigenvalue weighted by Crippen LogP contribution is 2.15. The lowest BCUT2D eigenvalue weighted by Crippen LogP contribution is -2.30. The zero-order valence-corrected chi connectivity index (χ0v) is 11.0. The minimum Gasteiger partial charge on any atom is -0.336 e. The number of hydrogen-bond acceptors (Lipinski definition) is 3. The van der Waals surface area contributed by atoms with Gasteiger partial charge in [-0.2, -0.15) is 5.26 Å². The van der Waals surface area contributed by atoms with Crippen LogP contribution in [0.2, 0.25) is 0 Å². The molecule has 0 aliphatic heterocycles. The quantitative estimate of drug-likeness (QED) is 0.911. The Morgan fingerprint density at radius 2 is 2.10 bits per heavy atom. The zero-order valence-electron chi connectivity index (χ0n) is 11.0. The molecule has 2 aromatic rings. The van der Waals surface area contributed by atoms with Crippen LogP contribution >= 0.6 is 0 Å². The van der Waals surface area contributed by atoms with E-state index in [0.717, 1.165) is 12.1 Å².